The molecule has 100 valence electrons. The van der Waals surface area contributed by atoms with Crippen molar-refractivity contribution in [1.29, 1.82) is 0 Å². The third-order valence-corrected chi connectivity index (χ3v) is 3.81. The fourth-order valence-corrected chi connectivity index (χ4v) is 2.28. The Morgan fingerprint density at radius 3 is 3.00 bits per heavy atom. The van der Waals surface area contributed by atoms with Gasteiger partial charge < -0.3 is 16.2 Å². The lowest BCUT2D eigenvalue weighted by molar-refractivity contribution is -0.113. The summed E-state index contributed by atoms with van der Waals surface area (Å²) < 4.78 is 0. The maximum Gasteiger partial charge on any atom is 0.234 e. The monoisotopic (exact) mass is 288 g/mol. The topological polar surface area (TPSA) is 75.3 Å². The summed E-state index contributed by atoms with van der Waals surface area (Å²) in [5.74, 6) is 1.14. The zero-order chi connectivity index (χ0) is 13.5. The van der Waals surface area contributed by atoms with Crippen molar-refractivity contribution in [3.8, 4) is 0 Å². The van der Waals surface area contributed by atoms with Crippen LogP contribution < -0.4 is 11.1 Å². The minimum atomic E-state index is -0.127. The van der Waals surface area contributed by atoms with Crippen LogP contribution in [0.3, 0.4) is 0 Å². The van der Waals surface area contributed by atoms with Gasteiger partial charge in [0.25, 0.3) is 0 Å². The van der Waals surface area contributed by atoms with Gasteiger partial charge in [-0.25, -0.2) is 0 Å². The highest BCUT2D eigenvalue weighted by Crippen LogP contribution is 2.24. The van der Waals surface area contributed by atoms with Crippen LogP contribution in [0.1, 0.15) is 6.92 Å². The molecule has 1 amide bonds. The van der Waals surface area contributed by atoms with E-state index < -0.39 is 0 Å². The van der Waals surface area contributed by atoms with Gasteiger partial charge in [0.1, 0.15) is 0 Å². The Morgan fingerprint density at radius 1 is 1.61 bits per heavy atom. The van der Waals surface area contributed by atoms with Crippen molar-refractivity contribution in [2.75, 3.05) is 29.2 Å². The van der Waals surface area contributed by atoms with Gasteiger partial charge in [0.05, 0.1) is 16.5 Å². The number of thioether (sulfide) groups is 1. The second kappa shape index (κ2) is 7.51. The summed E-state index contributed by atoms with van der Waals surface area (Å²) in [7, 11) is 0. The lowest BCUT2D eigenvalue weighted by atomic mass is 10.2. The number of hydrogen-bond donors (Lipinski definition) is 3. The standard InChI is InChI=1S/C12H17ClN2O2S/c1-8(5-16)6-18-7-12(17)15-11-4-9(14)2-3-10(11)13/h2-4,8,16H,5-7,14H2,1H3,(H,15,17). The van der Waals surface area contributed by atoms with Gasteiger partial charge in [-0.05, 0) is 29.9 Å². The largest absolute Gasteiger partial charge is 0.399 e. The minimum absolute atomic E-state index is 0.127. The van der Waals surface area contributed by atoms with E-state index in [4.69, 9.17) is 22.4 Å². The molecule has 1 aromatic rings. The number of nitrogen functional groups attached to an aromatic ring is 1. The molecule has 1 rings (SSSR count). The van der Waals surface area contributed by atoms with Crippen LogP contribution in [-0.2, 0) is 4.79 Å². The number of carbonyl (C=O) groups excluding carboxylic acids is 1. The smallest absolute Gasteiger partial charge is 0.234 e. The first-order chi connectivity index (χ1) is 8.52. The second-order valence-electron chi connectivity index (χ2n) is 4.09. The number of benzene rings is 1. The van der Waals surface area contributed by atoms with Crippen LogP contribution in [0, 0.1) is 5.92 Å². The molecule has 0 heterocycles. The molecule has 0 saturated carbocycles. The van der Waals surface area contributed by atoms with Crippen molar-refractivity contribution in [3.05, 3.63) is 23.2 Å². The lowest BCUT2D eigenvalue weighted by Crippen LogP contribution is -2.16. The number of halogens is 1. The van der Waals surface area contributed by atoms with Gasteiger partial charge in [0.2, 0.25) is 5.91 Å². The number of nitrogens with one attached hydrogen (secondary N) is 1. The molecule has 1 atom stereocenters. The molecule has 1 unspecified atom stereocenters. The van der Waals surface area contributed by atoms with Gasteiger partial charge in [0.15, 0.2) is 0 Å². The summed E-state index contributed by atoms with van der Waals surface area (Å²) in [6.07, 6.45) is 0. The van der Waals surface area contributed by atoms with Crippen molar-refractivity contribution >= 4 is 40.6 Å². The minimum Gasteiger partial charge on any atom is -0.399 e. The number of anilines is 2. The predicted octanol–water partition coefficient (Wildman–Crippen LogP) is 2.22. The number of aliphatic hydroxyl groups is 1. The summed E-state index contributed by atoms with van der Waals surface area (Å²) >= 11 is 7.41. The highest BCUT2D eigenvalue weighted by atomic mass is 35.5. The molecule has 0 aliphatic carbocycles. The molecule has 4 N–H and O–H groups in total. The molecule has 18 heavy (non-hydrogen) atoms. The summed E-state index contributed by atoms with van der Waals surface area (Å²) in [4.78, 5) is 11.7. The molecule has 6 heteroatoms. The first-order valence-corrected chi connectivity index (χ1v) is 7.09. The fraction of sp³-hybridized carbons (Fsp3) is 0.417. The predicted molar refractivity (Wildman–Crippen MR) is 78.1 cm³/mol. The highest BCUT2D eigenvalue weighted by molar-refractivity contribution is 7.99. The molecule has 0 aromatic heterocycles. The van der Waals surface area contributed by atoms with Crippen LogP contribution in [0.2, 0.25) is 5.02 Å². The maximum absolute atomic E-state index is 11.7. The van der Waals surface area contributed by atoms with Gasteiger partial charge in [-0.3, -0.25) is 4.79 Å². The van der Waals surface area contributed by atoms with E-state index in [-0.39, 0.29) is 18.4 Å². The normalized spacial score (nSPS) is 12.2. The van der Waals surface area contributed by atoms with E-state index in [0.29, 0.717) is 22.2 Å². The summed E-state index contributed by atoms with van der Waals surface area (Å²) in [5, 5.41) is 12.0. The molecular weight excluding hydrogens is 272 g/mol. The van der Waals surface area contributed by atoms with Gasteiger partial charge >= 0.3 is 0 Å². The Labute approximate surface area is 116 Å². The van der Waals surface area contributed by atoms with Crippen LogP contribution in [0.15, 0.2) is 18.2 Å². The van der Waals surface area contributed by atoms with Gasteiger partial charge in [-0.15, -0.1) is 0 Å². The first kappa shape index (κ1) is 15.1. The van der Waals surface area contributed by atoms with E-state index >= 15 is 0 Å². The van der Waals surface area contributed by atoms with Crippen LogP contribution in [-0.4, -0.2) is 29.1 Å². The van der Waals surface area contributed by atoms with E-state index in [1.807, 2.05) is 6.92 Å². The number of rotatable bonds is 6. The van der Waals surface area contributed by atoms with Crippen molar-refractivity contribution in [3.63, 3.8) is 0 Å². The Morgan fingerprint density at radius 2 is 2.33 bits per heavy atom. The number of nitrogens with two attached hydrogens (primary N) is 1. The van der Waals surface area contributed by atoms with Crippen molar-refractivity contribution in [1.82, 2.24) is 0 Å². The van der Waals surface area contributed by atoms with Gasteiger partial charge in [-0.2, -0.15) is 11.8 Å². The summed E-state index contributed by atoms with van der Waals surface area (Å²) in [5.41, 5.74) is 6.70. The number of amides is 1. The molecule has 4 nitrogen and oxygen atoms in total. The molecule has 0 spiro atoms. The van der Waals surface area contributed by atoms with E-state index in [2.05, 4.69) is 5.32 Å². The molecule has 0 radical (unpaired) electrons. The Bertz CT molecular complexity index is 415. The molecule has 1 aromatic carbocycles. The van der Waals surface area contributed by atoms with E-state index in [1.54, 1.807) is 18.2 Å². The summed E-state index contributed by atoms with van der Waals surface area (Å²) in [6.45, 7) is 2.06. The first-order valence-electron chi connectivity index (χ1n) is 5.56. The highest BCUT2D eigenvalue weighted by Gasteiger charge is 2.07. The SMILES string of the molecule is CC(CO)CSCC(=O)Nc1cc(N)ccc1Cl. The van der Waals surface area contributed by atoms with E-state index in [0.717, 1.165) is 5.75 Å². The van der Waals surface area contributed by atoms with Gasteiger partial charge in [0, 0.05) is 12.3 Å². The van der Waals surface area contributed by atoms with Crippen LogP contribution >= 0.6 is 23.4 Å². The molecule has 0 fully saturated rings. The van der Waals surface area contributed by atoms with E-state index in [1.165, 1.54) is 11.8 Å². The fourth-order valence-electron chi connectivity index (χ4n) is 1.23. The van der Waals surface area contributed by atoms with Crippen LogP contribution in [0.5, 0.6) is 0 Å². The molecule has 0 aliphatic rings. The zero-order valence-corrected chi connectivity index (χ0v) is 11.7. The van der Waals surface area contributed by atoms with E-state index in [9.17, 15) is 4.79 Å². The number of carbonyl (C=O) groups is 1. The second-order valence-corrected chi connectivity index (χ2v) is 5.53. The van der Waals surface area contributed by atoms with Crippen molar-refractivity contribution < 1.29 is 9.90 Å². The average Bonchev–Trinajstić information content (AvgIpc) is 2.33. The quantitative estimate of drug-likeness (QED) is 0.702. The average molecular weight is 289 g/mol. The van der Waals surface area contributed by atoms with Gasteiger partial charge in [-0.1, -0.05) is 18.5 Å². The molecule has 0 bridgehead atoms. The van der Waals surface area contributed by atoms with Crippen LogP contribution in [0.25, 0.3) is 0 Å². The third-order valence-electron chi connectivity index (χ3n) is 2.21. The Balaban J connectivity index is 2.42. The van der Waals surface area contributed by atoms with Crippen molar-refractivity contribution in [2.24, 2.45) is 5.92 Å². The Kier molecular flexibility index (Phi) is 6.32. The summed E-state index contributed by atoms with van der Waals surface area (Å²) in [6, 6.07) is 4.95. The molecular formula is C12H17ClN2O2S. The number of hydrogen-bond acceptors (Lipinski definition) is 4. The lowest BCUT2D eigenvalue weighted by Gasteiger charge is -2.09. The third kappa shape index (κ3) is 5.16. The Hall–Kier alpha value is -0.910. The zero-order valence-electron chi connectivity index (χ0n) is 10.1. The maximum atomic E-state index is 11.7. The molecule has 0 saturated heterocycles. The van der Waals surface area contributed by atoms with Crippen LogP contribution in [0.4, 0.5) is 11.4 Å². The number of aliphatic hydroxyl groups excluding tert-OH is 1. The molecule has 0 aliphatic heterocycles. The van der Waals surface area contributed by atoms with Crippen molar-refractivity contribution in [2.45, 2.75) is 6.92 Å².